The van der Waals surface area contributed by atoms with E-state index in [9.17, 15) is 9.59 Å². The van der Waals surface area contributed by atoms with E-state index in [1.54, 1.807) is 24.3 Å². The van der Waals surface area contributed by atoms with Crippen LogP contribution in [0.4, 0.5) is 5.69 Å². The molecule has 3 rings (SSSR count). The van der Waals surface area contributed by atoms with Crippen LogP contribution in [-0.4, -0.2) is 40.3 Å². The maximum Gasteiger partial charge on any atom is 0.341 e. The zero-order valence-electron chi connectivity index (χ0n) is 15.4. The number of rotatable bonds is 6. The molecule has 0 aromatic heterocycles. The van der Waals surface area contributed by atoms with E-state index >= 15 is 0 Å². The molecule has 1 aliphatic heterocycles. The molecule has 0 fully saturated rings. The molecule has 0 atom stereocenters. The molecule has 0 radical (unpaired) electrons. The molecule has 0 saturated heterocycles. The Balaban J connectivity index is 2.04. The lowest BCUT2D eigenvalue weighted by atomic mass is 10.0. The van der Waals surface area contributed by atoms with Crippen molar-refractivity contribution in [3.05, 3.63) is 41.0 Å². The molecule has 8 nitrogen and oxygen atoms in total. The number of fused-ring (bicyclic) bond motifs is 1. The van der Waals surface area contributed by atoms with Gasteiger partial charge < -0.3 is 29.0 Å². The standard InChI is InChI=1S/C19H19NO7/c1-23-12-6-5-10(7-13(12)24-2)18(21)20-16-15-11(9-27-19(15)22)8-14(25-3)17(16)26-4/h5-8H,9H2,1-4H3,(H,20,21). The molecule has 0 saturated carbocycles. The molecule has 0 spiro atoms. The number of methoxy groups -OCH3 is 4. The van der Waals surface area contributed by atoms with Crippen molar-refractivity contribution in [3.8, 4) is 23.0 Å². The topological polar surface area (TPSA) is 92.3 Å². The highest BCUT2D eigenvalue weighted by molar-refractivity contribution is 6.11. The zero-order valence-corrected chi connectivity index (χ0v) is 15.4. The molecule has 0 bridgehead atoms. The van der Waals surface area contributed by atoms with Gasteiger partial charge in [0.25, 0.3) is 5.91 Å². The summed E-state index contributed by atoms with van der Waals surface area (Å²) in [6.45, 7) is 0.105. The van der Waals surface area contributed by atoms with Gasteiger partial charge in [-0.3, -0.25) is 4.79 Å². The van der Waals surface area contributed by atoms with Crippen LogP contribution in [-0.2, 0) is 11.3 Å². The molecule has 0 aliphatic carbocycles. The first kappa shape index (κ1) is 18.4. The Labute approximate surface area is 155 Å². The van der Waals surface area contributed by atoms with E-state index in [2.05, 4.69) is 5.32 Å². The number of anilines is 1. The SMILES string of the molecule is COc1ccc(C(=O)Nc2c(OC)c(OC)cc3c2C(=O)OC3)cc1OC. The molecule has 1 N–H and O–H groups in total. The minimum atomic E-state index is -0.534. The van der Waals surface area contributed by atoms with Gasteiger partial charge >= 0.3 is 5.97 Å². The fourth-order valence-electron chi connectivity index (χ4n) is 2.89. The molecule has 0 unspecified atom stereocenters. The van der Waals surface area contributed by atoms with Crippen LogP contribution in [0.1, 0.15) is 26.3 Å². The molecular formula is C19H19NO7. The van der Waals surface area contributed by atoms with Gasteiger partial charge in [0.05, 0.1) is 34.0 Å². The third-order valence-corrected chi connectivity index (χ3v) is 4.20. The molecule has 27 heavy (non-hydrogen) atoms. The normalized spacial score (nSPS) is 12.1. The summed E-state index contributed by atoms with van der Waals surface area (Å²) in [4.78, 5) is 24.9. The van der Waals surface area contributed by atoms with Crippen molar-refractivity contribution in [1.29, 1.82) is 0 Å². The zero-order chi connectivity index (χ0) is 19.6. The van der Waals surface area contributed by atoms with Crippen LogP contribution in [0.3, 0.4) is 0 Å². The smallest absolute Gasteiger partial charge is 0.341 e. The number of ether oxygens (including phenoxy) is 5. The summed E-state index contributed by atoms with van der Waals surface area (Å²) in [5.74, 6) is 0.545. The Morgan fingerprint density at radius 1 is 0.963 bits per heavy atom. The Kier molecular flexibility index (Phi) is 5.07. The summed E-state index contributed by atoms with van der Waals surface area (Å²) in [6.07, 6.45) is 0. The molecule has 1 aliphatic rings. The highest BCUT2D eigenvalue weighted by atomic mass is 16.5. The maximum atomic E-state index is 12.8. The number of esters is 1. The van der Waals surface area contributed by atoms with E-state index in [-0.39, 0.29) is 23.6 Å². The predicted octanol–water partition coefficient (Wildman–Crippen LogP) is 2.64. The van der Waals surface area contributed by atoms with Gasteiger partial charge in [-0.1, -0.05) is 0 Å². The molecule has 142 valence electrons. The minimum absolute atomic E-state index is 0.105. The van der Waals surface area contributed by atoms with E-state index in [1.165, 1.54) is 28.4 Å². The van der Waals surface area contributed by atoms with Crippen LogP contribution in [0.5, 0.6) is 23.0 Å². The fourth-order valence-corrected chi connectivity index (χ4v) is 2.89. The second kappa shape index (κ2) is 7.45. The van der Waals surface area contributed by atoms with Gasteiger partial charge in [0.2, 0.25) is 0 Å². The third-order valence-electron chi connectivity index (χ3n) is 4.20. The number of carbonyl (C=O) groups excluding carboxylic acids is 2. The van der Waals surface area contributed by atoms with E-state index in [0.717, 1.165) is 0 Å². The lowest BCUT2D eigenvalue weighted by Gasteiger charge is -2.16. The molecule has 1 heterocycles. The molecule has 2 aromatic rings. The molecule has 1 amide bonds. The first-order valence-corrected chi connectivity index (χ1v) is 8.02. The van der Waals surface area contributed by atoms with Crippen LogP contribution in [0.15, 0.2) is 24.3 Å². The fraction of sp³-hybridized carbons (Fsp3) is 0.263. The average Bonchev–Trinajstić information content (AvgIpc) is 3.07. The largest absolute Gasteiger partial charge is 0.493 e. The maximum absolute atomic E-state index is 12.8. The van der Waals surface area contributed by atoms with Gasteiger partial charge in [-0.25, -0.2) is 4.79 Å². The van der Waals surface area contributed by atoms with Gasteiger partial charge in [0, 0.05) is 11.1 Å². The monoisotopic (exact) mass is 373 g/mol. The Hall–Kier alpha value is -3.42. The highest BCUT2D eigenvalue weighted by Gasteiger charge is 2.31. The second-order valence-corrected chi connectivity index (χ2v) is 5.62. The molecule has 8 heteroatoms. The minimum Gasteiger partial charge on any atom is -0.493 e. The summed E-state index contributed by atoms with van der Waals surface area (Å²) in [5.41, 5.74) is 1.38. The molecular weight excluding hydrogens is 354 g/mol. The first-order valence-electron chi connectivity index (χ1n) is 8.02. The summed E-state index contributed by atoms with van der Waals surface area (Å²) < 4.78 is 26.2. The van der Waals surface area contributed by atoms with Gasteiger partial charge in [0.1, 0.15) is 12.3 Å². The molecule has 2 aromatic carbocycles. The number of hydrogen-bond acceptors (Lipinski definition) is 7. The van der Waals surface area contributed by atoms with E-state index in [4.69, 9.17) is 23.7 Å². The first-order chi connectivity index (χ1) is 13.0. The number of amides is 1. The number of carbonyl (C=O) groups is 2. The third kappa shape index (κ3) is 3.21. The highest BCUT2D eigenvalue weighted by Crippen LogP contribution is 2.43. The average molecular weight is 373 g/mol. The van der Waals surface area contributed by atoms with Crippen molar-refractivity contribution >= 4 is 17.6 Å². The summed E-state index contributed by atoms with van der Waals surface area (Å²) in [5, 5.41) is 2.73. The van der Waals surface area contributed by atoms with Crippen molar-refractivity contribution < 1.29 is 33.3 Å². The Morgan fingerprint density at radius 2 is 1.67 bits per heavy atom. The number of cyclic esters (lactones) is 1. The number of benzene rings is 2. The van der Waals surface area contributed by atoms with E-state index in [1.807, 2.05) is 0 Å². The van der Waals surface area contributed by atoms with Gasteiger partial charge in [-0.2, -0.15) is 0 Å². The predicted molar refractivity (Wildman–Crippen MR) is 96.2 cm³/mol. The van der Waals surface area contributed by atoms with Crippen LogP contribution in [0.25, 0.3) is 0 Å². The van der Waals surface area contributed by atoms with Crippen LogP contribution >= 0.6 is 0 Å². The van der Waals surface area contributed by atoms with Gasteiger partial charge in [-0.05, 0) is 24.3 Å². The van der Waals surface area contributed by atoms with Crippen LogP contribution < -0.4 is 24.3 Å². The van der Waals surface area contributed by atoms with Crippen molar-refractivity contribution in [3.63, 3.8) is 0 Å². The summed E-state index contributed by atoms with van der Waals surface area (Å²) in [7, 11) is 5.89. The van der Waals surface area contributed by atoms with Crippen molar-refractivity contribution in [1.82, 2.24) is 0 Å². The van der Waals surface area contributed by atoms with E-state index < -0.39 is 11.9 Å². The van der Waals surface area contributed by atoms with Gasteiger partial charge in [-0.15, -0.1) is 0 Å². The van der Waals surface area contributed by atoms with Crippen molar-refractivity contribution in [2.24, 2.45) is 0 Å². The number of nitrogens with one attached hydrogen (secondary N) is 1. The Morgan fingerprint density at radius 3 is 2.30 bits per heavy atom. The van der Waals surface area contributed by atoms with Crippen molar-refractivity contribution in [2.45, 2.75) is 6.61 Å². The summed E-state index contributed by atoms with van der Waals surface area (Å²) in [6, 6.07) is 6.40. The Bertz CT molecular complexity index is 907. The summed E-state index contributed by atoms with van der Waals surface area (Å²) >= 11 is 0. The number of hydrogen-bond donors (Lipinski definition) is 1. The lowest BCUT2D eigenvalue weighted by Crippen LogP contribution is -2.16. The lowest BCUT2D eigenvalue weighted by molar-refractivity contribution is 0.0535. The quantitative estimate of drug-likeness (QED) is 0.778. The van der Waals surface area contributed by atoms with Crippen molar-refractivity contribution in [2.75, 3.05) is 33.8 Å². The van der Waals surface area contributed by atoms with E-state index in [0.29, 0.717) is 28.4 Å². The van der Waals surface area contributed by atoms with Crippen LogP contribution in [0.2, 0.25) is 0 Å². The van der Waals surface area contributed by atoms with Gasteiger partial charge in [0.15, 0.2) is 23.0 Å². The second-order valence-electron chi connectivity index (χ2n) is 5.62. The van der Waals surface area contributed by atoms with Crippen LogP contribution in [0, 0.1) is 0 Å².